The fraction of sp³-hybridized carbons (Fsp3) is 0.655. The van der Waals surface area contributed by atoms with Crippen LogP contribution >= 0.6 is 0 Å². The van der Waals surface area contributed by atoms with Crippen LogP contribution in [0.3, 0.4) is 0 Å². The molecule has 0 unspecified atom stereocenters. The number of nitrogens with one attached hydrogen (secondary N) is 2. The molecule has 0 aliphatic rings. The zero-order valence-electron chi connectivity index (χ0n) is 26.9. The molecule has 0 aliphatic heterocycles. The second kappa shape index (κ2) is 14.5. The predicted octanol–water partition coefficient (Wildman–Crippen LogP) is 4.96. The minimum Gasteiger partial charge on any atom is -0.544 e. The van der Waals surface area contributed by atoms with Gasteiger partial charge in [0.1, 0.15) is 29.5 Å². The van der Waals surface area contributed by atoms with Gasteiger partial charge >= 0.3 is 18.2 Å². The summed E-state index contributed by atoms with van der Waals surface area (Å²) in [4.78, 5) is 52.0. The predicted molar refractivity (Wildman–Crippen MR) is 158 cm³/mol. The molecule has 14 heteroatoms. The fourth-order valence-electron chi connectivity index (χ4n) is 3.42. The number of carbonyl (C=O) groups excluding carboxylic acids is 4. The molecule has 0 fully saturated rings. The molecule has 0 aromatic heterocycles. The van der Waals surface area contributed by atoms with Crippen molar-refractivity contribution in [2.24, 2.45) is 0 Å². The Morgan fingerprint density at radius 3 is 1.91 bits per heavy atom. The Morgan fingerprint density at radius 2 is 1.44 bits per heavy atom. The lowest BCUT2D eigenvalue weighted by atomic mass is 10.0. The summed E-state index contributed by atoms with van der Waals surface area (Å²) in [6, 6.07) is 3.27. The maximum Gasteiger partial charge on any atom is 0.422 e. The van der Waals surface area contributed by atoms with Gasteiger partial charge in [0, 0.05) is 13.5 Å². The Hall–Kier alpha value is -3.29. The van der Waals surface area contributed by atoms with Gasteiger partial charge in [0.25, 0.3) is 0 Å². The third-order valence-electron chi connectivity index (χ3n) is 6.84. The van der Waals surface area contributed by atoms with Crippen LogP contribution in [0.4, 0.5) is 18.0 Å². The third-order valence-corrected chi connectivity index (χ3v) is 11.2. The zero-order valence-corrected chi connectivity index (χ0v) is 27.9. The van der Waals surface area contributed by atoms with Crippen LogP contribution in [-0.2, 0) is 30.3 Å². The summed E-state index contributed by atoms with van der Waals surface area (Å²) in [5.74, 6) is -2.09. The number of alkyl halides is 3. The molecular formula is C29H46F3N3O7Si. The summed E-state index contributed by atoms with van der Waals surface area (Å²) >= 11 is 0. The molecule has 0 aliphatic carbocycles. The van der Waals surface area contributed by atoms with Crippen molar-refractivity contribution < 1.29 is 46.2 Å². The van der Waals surface area contributed by atoms with Crippen molar-refractivity contribution in [3.05, 3.63) is 29.8 Å². The Balaban J connectivity index is 3.19. The first-order valence-corrected chi connectivity index (χ1v) is 16.8. The van der Waals surface area contributed by atoms with Crippen LogP contribution in [0.15, 0.2) is 24.3 Å². The highest BCUT2D eigenvalue weighted by Crippen LogP contribution is 2.37. The SMILES string of the molecule is C[C@H](NC(=O)[C@@H](Cc1ccc(O[Si](C)(C)C(C)(C)C)cc1)N(C)C(=O)[C@H](C)NC(=O)OC(C)(C)C)C(=O)OCC(F)(F)F. The summed E-state index contributed by atoms with van der Waals surface area (Å²) in [6.07, 6.45) is -5.58. The molecule has 10 nitrogen and oxygen atoms in total. The van der Waals surface area contributed by atoms with E-state index in [2.05, 4.69) is 49.2 Å². The minimum atomic E-state index is -4.73. The molecule has 244 valence electrons. The van der Waals surface area contributed by atoms with Crippen molar-refractivity contribution in [3.8, 4) is 5.75 Å². The summed E-state index contributed by atoms with van der Waals surface area (Å²) in [6.45, 7) is 16.3. The minimum absolute atomic E-state index is 0.0160. The molecule has 0 saturated heterocycles. The summed E-state index contributed by atoms with van der Waals surface area (Å²) < 4.78 is 53.2. The van der Waals surface area contributed by atoms with E-state index in [1.165, 1.54) is 20.9 Å². The number of nitrogens with zero attached hydrogens (tertiary/aromatic N) is 1. The van der Waals surface area contributed by atoms with Crippen molar-refractivity contribution in [1.29, 1.82) is 0 Å². The standard InChI is InChI=1S/C29H46F3N3O7Si/c1-18(34-26(39)41-27(3,4)5)24(37)35(9)22(23(36)33-19(2)25(38)40-17-29(30,31)32)16-20-12-14-21(15-13-20)42-43(10,11)28(6,7)8/h12-15,18-19,22H,16-17H2,1-11H3,(H,33,36)(H,34,39)/t18-,19-,22+/m0/s1. The Labute approximate surface area is 253 Å². The van der Waals surface area contributed by atoms with Crippen LogP contribution in [0.25, 0.3) is 0 Å². The topological polar surface area (TPSA) is 123 Å². The van der Waals surface area contributed by atoms with E-state index >= 15 is 0 Å². The highest BCUT2D eigenvalue weighted by molar-refractivity contribution is 6.74. The average molecular weight is 634 g/mol. The van der Waals surface area contributed by atoms with Gasteiger partial charge in [-0.05, 0) is 70.4 Å². The van der Waals surface area contributed by atoms with Gasteiger partial charge in [-0.2, -0.15) is 13.2 Å². The van der Waals surface area contributed by atoms with Crippen LogP contribution in [0.2, 0.25) is 18.1 Å². The molecule has 1 rings (SSSR count). The van der Waals surface area contributed by atoms with Crippen LogP contribution in [-0.4, -0.2) is 80.7 Å². The van der Waals surface area contributed by atoms with Crippen LogP contribution < -0.4 is 15.1 Å². The lowest BCUT2D eigenvalue weighted by Crippen LogP contribution is -2.56. The number of alkyl carbamates (subject to hydrolysis) is 1. The molecule has 1 aromatic rings. The lowest BCUT2D eigenvalue weighted by Gasteiger charge is -2.36. The number of hydrogen-bond donors (Lipinski definition) is 2. The fourth-order valence-corrected chi connectivity index (χ4v) is 4.45. The molecule has 43 heavy (non-hydrogen) atoms. The lowest BCUT2D eigenvalue weighted by molar-refractivity contribution is -0.187. The Morgan fingerprint density at radius 1 is 0.907 bits per heavy atom. The van der Waals surface area contributed by atoms with Crippen molar-refractivity contribution in [3.63, 3.8) is 0 Å². The van der Waals surface area contributed by atoms with E-state index in [1.807, 2.05) is 0 Å². The molecule has 3 amide bonds. The molecular weight excluding hydrogens is 587 g/mol. The Bertz CT molecular complexity index is 1130. The van der Waals surface area contributed by atoms with Gasteiger partial charge in [-0.1, -0.05) is 32.9 Å². The molecule has 1 aromatic carbocycles. The van der Waals surface area contributed by atoms with Crippen LogP contribution in [0, 0.1) is 0 Å². The van der Waals surface area contributed by atoms with Gasteiger partial charge in [-0.25, -0.2) is 9.59 Å². The number of hydrogen-bond acceptors (Lipinski definition) is 7. The average Bonchev–Trinajstić information content (AvgIpc) is 2.83. The van der Waals surface area contributed by atoms with Gasteiger partial charge in [0.05, 0.1) is 0 Å². The largest absolute Gasteiger partial charge is 0.544 e. The molecule has 0 heterocycles. The number of esters is 1. The number of likely N-dealkylation sites (N-methyl/N-ethyl adjacent to an activating group) is 1. The summed E-state index contributed by atoms with van der Waals surface area (Å²) in [7, 11) is -0.762. The van der Waals surface area contributed by atoms with E-state index in [0.29, 0.717) is 11.3 Å². The first kappa shape index (κ1) is 37.7. The monoisotopic (exact) mass is 633 g/mol. The smallest absolute Gasteiger partial charge is 0.422 e. The van der Waals surface area contributed by atoms with Gasteiger partial charge in [0.15, 0.2) is 6.61 Å². The molecule has 3 atom stereocenters. The third kappa shape index (κ3) is 12.9. The normalized spacial score (nSPS) is 14.6. The van der Waals surface area contributed by atoms with Crippen molar-refractivity contribution >= 4 is 32.2 Å². The van der Waals surface area contributed by atoms with Crippen LogP contribution in [0.1, 0.15) is 61.0 Å². The van der Waals surface area contributed by atoms with E-state index in [1.54, 1.807) is 45.0 Å². The molecule has 0 saturated carbocycles. The number of halogens is 3. The highest BCUT2D eigenvalue weighted by atomic mass is 28.4. The first-order chi connectivity index (χ1) is 19.3. The quantitative estimate of drug-likeness (QED) is 0.261. The summed E-state index contributed by atoms with van der Waals surface area (Å²) in [5.41, 5.74) is -0.166. The van der Waals surface area contributed by atoms with E-state index in [4.69, 9.17) is 9.16 Å². The van der Waals surface area contributed by atoms with Gasteiger partial charge in [-0.3, -0.25) is 9.59 Å². The first-order valence-electron chi connectivity index (χ1n) is 13.9. The zero-order chi connectivity index (χ0) is 33.6. The number of carbonyl (C=O) groups is 4. The number of rotatable bonds is 11. The van der Waals surface area contributed by atoms with E-state index in [0.717, 1.165) is 4.90 Å². The van der Waals surface area contributed by atoms with Crippen molar-refractivity contribution in [1.82, 2.24) is 15.5 Å². The van der Waals surface area contributed by atoms with Crippen molar-refractivity contribution in [2.45, 2.75) is 110 Å². The number of ether oxygens (including phenoxy) is 2. The maximum atomic E-state index is 13.3. The summed E-state index contributed by atoms with van der Waals surface area (Å²) in [5, 5.41) is 4.74. The molecule has 0 spiro atoms. The highest BCUT2D eigenvalue weighted by Gasteiger charge is 2.39. The van der Waals surface area contributed by atoms with Crippen molar-refractivity contribution in [2.75, 3.05) is 13.7 Å². The van der Waals surface area contributed by atoms with Crippen LogP contribution in [0.5, 0.6) is 5.75 Å². The van der Waals surface area contributed by atoms with E-state index in [-0.39, 0.29) is 11.5 Å². The Kier molecular flexibility index (Phi) is 12.7. The van der Waals surface area contributed by atoms with Gasteiger partial charge in [-0.15, -0.1) is 0 Å². The van der Waals surface area contributed by atoms with Gasteiger partial charge < -0.3 is 29.4 Å². The second-order valence-corrected chi connectivity index (χ2v) is 17.7. The number of amides is 3. The molecule has 0 radical (unpaired) electrons. The maximum absolute atomic E-state index is 13.3. The number of benzene rings is 1. The molecule has 2 N–H and O–H groups in total. The second-order valence-electron chi connectivity index (χ2n) is 13.0. The van der Waals surface area contributed by atoms with Gasteiger partial charge in [0.2, 0.25) is 20.1 Å². The molecule has 0 bridgehead atoms. The van der Waals surface area contributed by atoms with E-state index in [9.17, 15) is 32.3 Å². The van der Waals surface area contributed by atoms with E-state index < -0.39 is 68.7 Å².